The maximum Gasteiger partial charge on any atom is 0.336 e. The summed E-state index contributed by atoms with van der Waals surface area (Å²) in [7, 11) is 0. The number of hydrogen-bond acceptors (Lipinski definition) is 1. The molecule has 1 aromatic carbocycles. The largest absolute Gasteiger partial charge is 0.478 e. The molecule has 0 aromatic heterocycles. The van der Waals surface area contributed by atoms with Gasteiger partial charge in [-0.15, -0.1) is 0 Å². The summed E-state index contributed by atoms with van der Waals surface area (Å²) in [5.74, 6) is -0.598. The molecular weight excluding hydrogens is 291 g/mol. The third-order valence-corrected chi connectivity index (χ3v) is 3.61. The summed E-state index contributed by atoms with van der Waals surface area (Å²) in [4.78, 5) is 11.0. The molecule has 1 aromatic rings. The van der Waals surface area contributed by atoms with Gasteiger partial charge in [-0.2, -0.15) is 0 Å². The van der Waals surface area contributed by atoms with Gasteiger partial charge in [-0.3, -0.25) is 0 Å². The standard InChI is InChI=1S/C11H13IO2/c1-6(2)9-8(11(13)14)5-4-7(3)10(9)12/h4-6H,1-3H3,(H,13,14). The van der Waals surface area contributed by atoms with Gasteiger partial charge in [0.25, 0.3) is 0 Å². The molecule has 0 radical (unpaired) electrons. The van der Waals surface area contributed by atoms with Crippen LogP contribution in [0.4, 0.5) is 0 Å². The Labute approximate surface area is 97.5 Å². The molecule has 0 aliphatic rings. The van der Waals surface area contributed by atoms with E-state index in [0.29, 0.717) is 5.56 Å². The molecular formula is C11H13IO2. The number of carboxylic acids is 1. The van der Waals surface area contributed by atoms with Crippen LogP contribution in [0.25, 0.3) is 0 Å². The lowest BCUT2D eigenvalue weighted by Gasteiger charge is -2.13. The van der Waals surface area contributed by atoms with Gasteiger partial charge in [0.15, 0.2) is 0 Å². The number of benzene rings is 1. The highest BCUT2D eigenvalue weighted by Crippen LogP contribution is 2.27. The van der Waals surface area contributed by atoms with Crippen molar-refractivity contribution in [2.24, 2.45) is 0 Å². The Morgan fingerprint density at radius 2 is 2.00 bits per heavy atom. The normalized spacial score (nSPS) is 10.6. The van der Waals surface area contributed by atoms with Gasteiger partial charge in [-0.05, 0) is 52.6 Å². The van der Waals surface area contributed by atoms with Crippen LogP contribution in [-0.2, 0) is 0 Å². The van der Waals surface area contributed by atoms with Gasteiger partial charge < -0.3 is 5.11 Å². The van der Waals surface area contributed by atoms with Crippen molar-refractivity contribution in [1.82, 2.24) is 0 Å². The minimum Gasteiger partial charge on any atom is -0.478 e. The van der Waals surface area contributed by atoms with E-state index >= 15 is 0 Å². The van der Waals surface area contributed by atoms with Gasteiger partial charge in [0.1, 0.15) is 0 Å². The van der Waals surface area contributed by atoms with Gasteiger partial charge in [0, 0.05) is 3.57 Å². The van der Waals surface area contributed by atoms with Gasteiger partial charge in [0.2, 0.25) is 0 Å². The molecule has 1 rings (SSSR count). The Morgan fingerprint density at radius 3 is 2.43 bits per heavy atom. The summed E-state index contributed by atoms with van der Waals surface area (Å²) >= 11 is 2.22. The lowest BCUT2D eigenvalue weighted by molar-refractivity contribution is 0.0695. The van der Waals surface area contributed by atoms with Crippen molar-refractivity contribution in [1.29, 1.82) is 0 Å². The van der Waals surface area contributed by atoms with Crippen molar-refractivity contribution >= 4 is 28.6 Å². The smallest absolute Gasteiger partial charge is 0.336 e. The topological polar surface area (TPSA) is 37.3 Å². The summed E-state index contributed by atoms with van der Waals surface area (Å²) in [6, 6.07) is 3.55. The molecule has 76 valence electrons. The van der Waals surface area contributed by atoms with Crippen LogP contribution in [0.1, 0.15) is 41.3 Å². The highest BCUT2D eigenvalue weighted by molar-refractivity contribution is 14.1. The third kappa shape index (κ3) is 2.08. The first-order valence-corrected chi connectivity index (χ1v) is 5.55. The Balaban J connectivity index is 3.45. The summed E-state index contributed by atoms with van der Waals surface area (Å²) in [6.45, 7) is 6.03. The second-order valence-electron chi connectivity index (χ2n) is 3.62. The van der Waals surface area contributed by atoms with Crippen LogP contribution in [0.2, 0.25) is 0 Å². The second kappa shape index (κ2) is 4.29. The lowest BCUT2D eigenvalue weighted by Crippen LogP contribution is -2.07. The van der Waals surface area contributed by atoms with E-state index in [9.17, 15) is 4.79 Å². The molecule has 1 N–H and O–H groups in total. The zero-order chi connectivity index (χ0) is 10.9. The maximum atomic E-state index is 11.0. The fourth-order valence-electron chi connectivity index (χ4n) is 1.45. The zero-order valence-corrected chi connectivity index (χ0v) is 10.6. The van der Waals surface area contributed by atoms with Crippen LogP contribution in [0.5, 0.6) is 0 Å². The van der Waals surface area contributed by atoms with E-state index in [2.05, 4.69) is 22.6 Å². The molecule has 2 nitrogen and oxygen atoms in total. The van der Waals surface area contributed by atoms with Crippen LogP contribution in [0.15, 0.2) is 12.1 Å². The minimum absolute atomic E-state index is 0.243. The molecule has 0 fully saturated rings. The van der Waals surface area contributed by atoms with Crippen molar-refractivity contribution in [2.45, 2.75) is 26.7 Å². The van der Waals surface area contributed by atoms with Crippen LogP contribution < -0.4 is 0 Å². The molecule has 0 saturated heterocycles. The predicted molar refractivity (Wildman–Crippen MR) is 64.9 cm³/mol. The van der Waals surface area contributed by atoms with Crippen molar-refractivity contribution in [3.05, 3.63) is 32.4 Å². The summed E-state index contributed by atoms with van der Waals surface area (Å²) in [5.41, 5.74) is 2.51. The van der Waals surface area contributed by atoms with Crippen LogP contribution in [-0.4, -0.2) is 11.1 Å². The van der Waals surface area contributed by atoms with Crippen LogP contribution in [0.3, 0.4) is 0 Å². The number of hydrogen-bond donors (Lipinski definition) is 1. The van der Waals surface area contributed by atoms with Crippen molar-refractivity contribution in [2.75, 3.05) is 0 Å². The van der Waals surface area contributed by atoms with Crippen molar-refractivity contribution in [3.8, 4) is 0 Å². The fourth-order valence-corrected chi connectivity index (χ4v) is 2.55. The van der Waals surface area contributed by atoms with Crippen LogP contribution in [0, 0.1) is 10.5 Å². The number of aromatic carboxylic acids is 1. The van der Waals surface area contributed by atoms with E-state index in [1.807, 2.05) is 26.8 Å². The third-order valence-electron chi connectivity index (χ3n) is 2.18. The predicted octanol–water partition coefficient (Wildman–Crippen LogP) is 3.42. The second-order valence-corrected chi connectivity index (χ2v) is 4.70. The van der Waals surface area contributed by atoms with E-state index in [-0.39, 0.29) is 5.92 Å². The van der Waals surface area contributed by atoms with Crippen molar-refractivity contribution < 1.29 is 9.90 Å². The molecule has 0 atom stereocenters. The monoisotopic (exact) mass is 304 g/mol. The molecule has 0 unspecified atom stereocenters. The van der Waals surface area contributed by atoms with E-state index in [0.717, 1.165) is 14.7 Å². The molecule has 0 spiro atoms. The molecule has 3 heteroatoms. The van der Waals surface area contributed by atoms with Gasteiger partial charge in [-0.1, -0.05) is 19.9 Å². The quantitative estimate of drug-likeness (QED) is 0.850. The minimum atomic E-state index is -0.841. The molecule has 0 heterocycles. The van der Waals surface area contributed by atoms with E-state index in [1.54, 1.807) is 6.07 Å². The average molecular weight is 304 g/mol. The molecule has 0 aliphatic heterocycles. The van der Waals surface area contributed by atoms with E-state index in [1.165, 1.54) is 0 Å². The molecule has 0 saturated carbocycles. The number of carboxylic acid groups (broad SMARTS) is 1. The van der Waals surface area contributed by atoms with Crippen molar-refractivity contribution in [3.63, 3.8) is 0 Å². The lowest BCUT2D eigenvalue weighted by atomic mass is 9.95. The Bertz CT molecular complexity index is 370. The van der Waals surface area contributed by atoms with Gasteiger partial charge in [-0.25, -0.2) is 4.79 Å². The number of aryl methyl sites for hydroxylation is 1. The maximum absolute atomic E-state index is 11.0. The van der Waals surface area contributed by atoms with E-state index in [4.69, 9.17) is 5.11 Å². The summed E-state index contributed by atoms with van der Waals surface area (Å²) < 4.78 is 1.07. The number of carbonyl (C=O) groups is 1. The SMILES string of the molecule is Cc1ccc(C(=O)O)c(C(C)C)c1I. The zero-order valence-electron chi connectivity index (χ0n) is 8.47. The Morgan fingerprint density at radius 1 is 1.43 bits per heavy atom. The summed E-state index contributed by atoms with van der Waals surface area (Å²) in [6.07, 6.45) is 0. The molecule has 0 bridgehead atoms. The Kier molecular flexibility index (Phi) is 3.53. The number of rotatable bonds is 2. The van der Waals surface area contributed by atoms with Crippen LogP contribution >= 0.6 is 22.6 Å². The molecule has 0 aliphatic carbocycles. The van der Waals surface area contributed by atoms with E-state index < -0.39 is 5.97 Å². The first-order chi connectivity index (χ1) is 6.45. The highest BCUT2D eigenvalue weighted by atomic mass is 127. The fraction of sp³-hybridized carbons (Fsp3) is 0.364. The first kappa shape index (κ1) is 11.5. The van der Waals surface area contributed by atoms with Gasteiger partial charge >= 0.3 is 5.97 Å². The Hall–Kier alpha value is -0.580. The van der Waals surface area contributed by atoms with Gasteiger partial charge in [0.05, 0.1) is 5.56 Å². The first-order valence-electron chi connectivity index (χ1n) is 4.47. The molecule has 0 amide bonds. The molecule has 14 heavy (non-hydrogen) atoms. The number of halogens is 1. The average Bonchev–Trinajstić information content (AvgIpc) is 2.08. The highest BCUT2D eigenvalue weighted by Gasteiger charge is 2.16. The summed E-state index contributed by atoms with van der Waals surface area (Å²) in [5, 5.41) is 9.03.